The Balaban J connectivity index is 1.51. The number of benzene rings is 2. The van der Waals surface area contributed by atoms with Gasteiger partial charge in [0.2, 0.25) is 10.0 Å². The molecule has 1 heterocycles. The number of carbonyl (C=O) groups excluding carboxylic acids is 1. The van der Waals surface area contributed by atoms with Gasteiger partial charge in [-0.1, -0.05) is 60.7 Å². The van der Waals surface area contributed by atoms with Gasteiger partial charge in [-0.15, -0.1) is 4.41 Å². The van der Waals surface area contributed by atoms with E-state index in [0.29, 0.717) is 18.7 Å². The maximum absolute atomic E-state index is 12.9. The predicted molar refractivity (Wildman–Crippen MR) is 112 cm³/mol. The Morgan fingerprint density at radius 2 is 1.48 bits per heavy atom. The molecule has 2 aromatic rings. The van der Waals surface area contributed by atoms with Crippen LogP contribution in [0.2, 0.25) is 0 Å². The van der Waals surface area contributed by atoms with Crippen LogP contribution < -0.4 is 0 Å². The average molecular weight is 417 g/mol. The zero-order valence-electron chi connectivity index (χ0n) is 16.6. The lowest BCUT2D eigenvalue weighted by molar-refractivity contribution is 0.0139. The molecule has 1 amide bonds. The number of hydrogen-bond donors (Lipinski definition) is 0. The lowest BCUT2D eigenvalue weighted by Crippen LogP contribution is -2.53. The first-order chi connectivity index (χ1) is 14.1. The summed E-state index contributed by atoms with van der Waals surface area (Å²) >= 11 is 0. The van der Waals surface area contributed by atoms with Crippen LogP contribution in [0.15, 0.2) is 60.7 Å². The van der Waals surface area contributed by atoms with Crippen LogP contribution in [0.3, 0.4) is 0 Å². The molecule has 0 atom stereocenters. The second-order valence-electron chi connectivity index (χ2n) is 7.17. The molecule has 0 N–H and O–H groups in total. The SMILES string of the molecule is O=C(OCCCCc1ccccc1)N1CCCCN1S(=O)(=O)Cc1ccccc1. The van der Waals surface area contributed by atoms with Crippen LogP contribution in [0, 0.1) is 0 Å². The van der Waals surface area contributed by atoms with E-state index in [0.717, 1.165) is 32.1 Å². The fourth-order valence-corrected chi connectivity index (χ4v) is 5.00. The fraction of sp³-hybridized carbons (Fsp3) is 0.409. The molecule has 1 aliphatic heterocycles. The van der Waals surface area contributed by atoms with E-state index in [1.54, 1.807) is 12.1 Å². The molecule has 0 aliphatic carbocycles. The first kappa shape index (κ1) is 21.3. The number of amides is 1. The summed E-state index contributed by atoms with van der Waals surface area (Å²) in [7, 11) is -3.64. The summed E-state index contributed by atoms with van der Waals surface area (Å²) in [4.78, 5) is 12.5. The van der Waals surface area contributed by atoms with Crippen molar-refractivity contribution in [3.8, 4) is 0 Å². The second-order valence-corrected chi connectivity index (χ2v) is 9.05. The van der Waals surface area contributed by atoms with Crippen LogP contribution in [0.4, 0.5) is 4.79 Å². The molecular formula is C22H28N2O4S. The Bertz CT molecular complexity index is 872. The average Bonchev–Trinajstić information content (AvgIpc) is 2.74. The summed E-state index contributed by atoms with van der Waals surface area (Å²) < 4.78 is 32.3. The molecule has 6 nitrogen and oxygen atoms in total. The van der Waals surface area contributed by atoms with Gasteiger partial charge in [-0.25, -0.2) is 18.2 Å². The summed E-state index contributed by atoms with van der Waals surface area (Å²) in [5.41, 5.74) is 1.96. The van der Waals surface area contributed by atoms with Crippen LogP contribution in [0.5, 0.6) is 0 Å². The summed E-state index contributed by atoms with van der Waals surface area (Å²) in [5, 5.41) is 1.25. The first-order valence-corrected chi connectivity index (χ1v) is 11.7. The Morgan fingerprint density at radius 3 is 2.17 bits per heavy atom. The van der Waals surface area contributed by atoms with Gasteiger partial charge in [-0.2, -0.15) is 0 Å². The quantitative estimate of drug-likeness (QED) is 0.610. The third kappa shape index (κ3) is 6.30. The van der Waals surface area contributed by atoms with Gasteiger partial charge < -0.3 is 4.74 Å². The number of carbonyl (C=O) groups is 1. The standard InChI is InChI=1S/C22H28N2O4S/c25-22(28-18-10-7-13-20-11-3-1-4-12-20)23-16-8-9-17-24(23)29(26,27)19-21-14-5-2-6-15-21/h1-6,11-12,14-15H,7-10,13,16-19H2. The van der Waals surface area contributed by atoms with Crippen molar-refractivity contribution in [2.24, 2.45) is 0 Å². The number of sulfonamides is 1. The summed E-state index contributed by atoms with van der Waals surface area (Å²) in [6.45, 7) is 0.948. The van der Waals surface area contributed by atoms with Crippen LogP contribution >= 0.6 is 0 Å². The van der Waals surface area contributed by atoms with Gasteiger partial charge in [0.15, 0.2) is 0 Å². The third-order valence-electron chi connectivity index (χ3n) is 4.89. The van der Waals surface area contributed by atoms with Gasteiger partial charge in [0.25, 0.3) is 0 Å². The van der Waals surface area contributed by atoms with E-state index >= 15 is 0 Å². The fourth-order valence-electron chi connectivity index (χ4n) is 3.38. The minimum absolute atomic E-state index is 0.130. The van der Waals surface area contributed by atoms with E-state index in [-0.39, 0.29) is 12.4 Å². The molecule has 1 fully saturated rings. The van der Waals surface area contributed by atoms with Gasteiger partial charge in [-0.05, 0) is 43.2 Å². The Hall–Kier alpha value is -2.38. The Labute approximate surface area is 173 Å². The molecule has 1 saturated heterocycles. The molecule has 0 spiro atoms. The van der Waals surface area contributed by atoms with Crippen LogP contribution in [0.1, 0.15) is 36.8 Å². The smallest absolute Gasteiger partial charge is 0.425 e. The molecule has 0 aromatic heterocycles. The zero-order valence-corrected chi connectivity index (χ0v) is 17.4. The lowest BCUT2D eigenvalue weighted by Gasteiger charge is -2.36. The highest BCUT2D eigenvalue weighted by Gasteiger charge is 2.34. The summed E-state index contributed by atoms with van der Waals surface area (Å²) in [5.74, 6) is -0.130. The van der Waals surface area contributed by atoms with Crippen molar-refractivity contribution in [2.45, 2.75) is 37.9 Å². The van der Waals surface area contributed by atoms with E-state index in [1.807, 2.05) is 36.4 Å². The van der Waals surface area contributed by atoms with Crippen molar-refractivity contribution in [1.82, 2.24) is 9.42 Å². The van der Waals surface area contributed by atoms with Crippen molar-refractivity contribution in [3.05, 3.63) is 71.8 Å². The maximum Gasteiger partial charge on any atom is 0.425 e. The number of nitrogens with zero attached hydrogens (tertiary/aromatic N) is 2. The van der Waals surface area contributed by atoms with Crippen LogP contribution in [0.25, 0.3) is 0 Å². The molecule has 29 heavy (non-hydrogen) atoms. The van der Waals surface area contributed by atoms with Crippen molar-refractivity contribution in [2.75, 3.05) is 19.7 Å². The van der Waals surface area contributed by atoms with Crippen molar-refractivity contribution < 1.29 is 17.9 Å². The monoisotopic (exact) mass is 416 g/mol. The van der Waals surface area contributed by atoms with E-state index in [4.69, 9.17) is 4.74 Å². The lowest BCUT2D eigenvalue weighted by atomic mass is 10.1. The number of hydrazine groups is 1. The number of rotatable bonds is 8. The van der Waals surface area contributed by atoms with Gasteiger partial charge >= 0.3 is 6.09 Å². The van der Waals surface area contributed by atoms with Crippen LogP contribution in [-0.4, -0.2) is 43.6 Å². The number of unbranched alkanes of at least 4 members (excludes halogenated alkanes) is 1. The van der Waals surface area contributed by atoms with Gasteiger partial charge in [0.1, 0.15) is 0 Å². The van der Waals surface area contributed by atoms with Crippen LogP contribution in [-0.2, 0) is 26.9 Å². The molecule has 0 bridgehead atoms. The topological polar surface area (TPSA) is 66.9 Å². The van der Waals surface area contributed by atoms with Crippen molar-refractivity contribution in [1.29, 1.82) is 0 Å². The molecule has 1 aliphatic rings. The molecular weight excluding hydrogens is 388 g/mol. The van der Waals surface area contributed by atoms with Crippen molar-refractivity contribution in [3.63, 3.8) is 0 Å². The molecule has 0 saturated carbocycles. The Kier molecular flexibility index (Phi) is 7.66. The normalized spacial score (nSPS) is 15.2. The largest absolute Gasteiger partial charge is 0.448 e. The predicted octanol–water partition coefficient (Wildman–Crippen LogP) is 3.99. The minimum Gasteiger partial charge on any atom is -0.448 e. The summed E-state index contributed by atoms with van der Waals surface area (Å²) in [6.07, 6.45) is 3.49. The van der Waals surface area contributed by atoms with Gasteiger partial charge in [0, 0.05) is 13.1 Å². The van der Waals surface area contributed by atoms with Crippen molar-refractivity contribution >= 4 is 16.1 Å². The second kappa shape index (κ2) is 10.4. The van der Waals surface area contributed by atoms with Gasteiger partial charge in [0.05, 0.1) is 12.4 Å². The van der Waals surface area contributed by atoms with Gasteiger partial charge in [-0.3, -0.25) is 0 Å². The van der Waals surface area contributed by atoms with E-state index < -0.39 is 16.1 Å². The highest BCUT2D eigenvalue weighted by atomic mass is 32.2. The molecule has 0 unspecified atom stereocenters. The molecule has 3 rings (SSSR count). The van der Waals surface area contributed by atoms with E-state index in [2.05, 4.69) is 12.1 Å². The number of hydrogen-bond acceptors (Lipinski definition) is 4. The number of aryl methyl sites for hydroxylation is 1. The summed E-state index contributed by atoms with van der Waals surface area (Å²) in [6, 6.07) is 19.2. The molecule has 0 radical (unpaired) electrons. The highest BCUT2D eigenvalue weighted by Crippen LogP contribution is 2.20. The molecule has 2 aromatic carbocycles. The minimum atomic E-state index is -3.64. The zero-order chi connectivity index (χ0) is 20.5. The highest BCUT2D eigenvalue weighted by molar-refractivity contribution is 7.88. The Morgan fingerprint density at radius 1 is 0.862 bits per heavy atom. The maximum atomic E-state index is 12.9. The third-order valence-corrected chi connectivity index (χ3v) is 6.61. The van der Waals surface area contributed by atoms with E-state index in [1.165, 1.54) is 15.0 Å². The molecule has 7 heteroatoms. The first-order valence-electron chi connectivity index (χ1n) is 10.1. The number of ether oxygens (including phenoxy) is 1. The molecule has 156 valence electrons. The van der Waals surface area contributed by atoms with E-state index in [9.17, 15) is 13.2 Å².